The predicted octanol–water partition coefficient (Wildman–Crippen LogP) is 0.713. The molecular formula is C10H9N3O4. The molecule has 0 radical (unpaired) electrons. The molecule has 1 aromatic heterocycles. The highest BCUT2D eigenvalue weighted by atomic mass is 16.6. The van der Waals surface area contributed by atoms with Crippen molar-refractivity contribution < 1.29 is 14.4 Å². The summed E-state index contributed by atoms with van der Waals surface area (Å²) in [5, 5.41) is 22.6. The number of hydrogen-bond donors (Lipinski definition) is 0. The predicted molar refractivity (Wildman–Crippen MR) is 57.2 cm³/mol. The first-order valence-electron chi connectivity index (χ1n) is 5.15. The summed E-state index contributed by atoms with van der Waals surface area (Å²) in [6.45, 7) is 1.39. The van der Waals surface area contributed by atoms with Gasteiger partial charge < -0.3 is 9.94 Å². The van der Waals surface area contributed by atoms with Crippen LogP contribution in [0.5, 0.6) is 0 Å². The van der Waals surface area contributed by atoms with E-state index in [9.17, 15) is 15.3 Å². The van der Waals surface area contributed by atoms with E-state index >= 15 is 0 Å². The van der Waals surface area contributed by atoms with Crippen molar-refractivity contribution in [1.29, 1.82) is 0 Å². The van der Waals surface area contributed by atoms with E-state index in [-0.39, 0.29) is 12.3 Å². The molecule has 0 fully saturated rings. The number of nitro groups is 1. The maximum absolute atomic E-state index is 11.9. The maximum atomic E-state index is 11.9. The SMILES string of the molecule is O=[N+]([O-])c1ccc2c(c1)[n+]([O-])c1n2CCOC1. The number of aromatic nitrogens is 2. The van der Waals surface area contributed by atoms with Crippen LogP contribution in [0, 0.1) is 15.3 Å². The van der Waals surface area contributed by atoms with Crippen LogP contribution in [0.25, 0.3) is 11.0 Å². The summed E-state index contributed by atoms with van der Waals surface area (Å²) < 4.78 is 7.76. The number of hydrogen-bond acceptors (Lipinski definition) is 4. The largest absolute Gasteiger partial charge is 0.710 e. The molecule has 1 aromatic carbocycles. The Bertz CT molecular complexity index is 620. The van der Waals surface area contributed by atoms with Gasteiger partial charge in [0.1, 0.15) is 13.2 Å². The summed E-state index contributed by atoms with van der Waals surface area (Å²) in [6, 6.07) is 4.31. The lowest BCUT2D eigenvalue weighted by atomic mass is 10.3. The fourth-order valence-corrected chi connectivity index (χ4v) is 2.11. The number of nitro benzene ring substituents is 1. The number of non-ortho nitro benzene ring substituents is 1. The molecule has 7 nitrogen and oxygen atoms in total. The second kappa shape index (κ2) is 3.42. The van der Waals surface area contributed by atoms with E-state index in [1.807, 2.05) is 4.57 Å². The molecule has 0 N–H and O–H groups in total. The van der Waals surface area contributed by atoms with Gasteiger partial charge in [0.05, 0.1) is 17.6 Å². The van der Waals surface area contributed by atoms with Crippen molar-refractivity contribution >= 4 is 16.7 Å². The Morgan fingerprint density at radius 3 is 3.06 bits per heavy atom. The molecule has 0 saturated carbocycles. The third-order valence-corrected chi connectivity index (χ3v) is 2.92. The van der Waals surface area contributed by atoms with Crippen molar-refractivity contribution in [1.82, 2.24) is 4.57 Å². The summed E-state index contributed by atoms with van der Waals surface area (Å²) in [4.78, 5) is 10.2. The van der Waals surface area contributed by atoms with E-state index in [1.54, 1.807) is 6.07 Å². The average molecular weight is 235 g/mol. The van der Waals surface area contributed by atoms with Crippen LogP contribution >= 0.6 is 0 Å². The summed E-state index contributed by atoms with van der Waals surface area (Å²) in [5.74, 6) is 0.492. The van der Waals surface area contributed by atoms with Gasteiger partial charge >= 0.3 is 0 Å². The summed E-state index contributed by atoms with van der Waals surface area (Å²) in [6.07, 6.45) is 0. The Balaban J connectivity index is 2.30. The Kier molecular flexibility index (Phi) is 2.02. The molecule has 7 heteroatoms. The Hall–Kier alpha value is -2.15. The van der Waals surface area contributed by atoms with Crippen molar-refractivity contribution in [2.45, 2.75) is 13.2 Å². The van der Waals surface area contributed by atoms with Crippen molar-refractivity contribution in [3.8, 4) is 0 Å². The van der Waals surface area contributed by atoms with Gasteiger partial charge in [0.25, 0.3) is 11.5 Å². The van der Waals surface area contributed by atoms with E-state index in [0.717, 1.165) is 0 Å². The van der Waals surface area contributed by atoms with E-state index < -0.39 is 4.92 Å². The van der Waals surface area contributed by atoms with Gasteiger partial charge in [-0.3, -0.25) is 10.1 Å². The van der Waals surface area contributed by atoms with E-state index in [1.165, 1.54) is 12.1 Å². The zero-order valence-corrected chi connectivity index (χ0v) is 8.83. The lowest BCUT2D eigenvalue weighted by molar-refractivity contribution is -0.591. The monoisotopic (exact) mass is 235 g/mol. The number of ether oxygens (including phenoxy) is 1. The van der Waals surface area contributed by atoms with E-state index in [4.69, 9.17) is 4.74 Å². The molecule has 0 bridgehead atoms. The van der Waals surface area contributed by atoms with Gasteiger partial charge in [0, 0.05) is 6.07 Å². The van der Waals surface area contributed by atoms with Gasteiger partial charge in [0.15, 0.2) is 11.0 Å². The standard InChI is InChI=1S/C10H9N3O4/c14-12-9-5-7(13(15)16)1-2-8(9)11-3-4-17-6-10(11)12/h1-2,5H,3-4,6H2. The molecule has 0 saturated heterocycles. The van der Waals surface area contributed by atoms with Gasteiger partial charge in [-0.15, -0.1) is 0 Å². The van der Waals surface area contributed by atoms with E-state index in [0.29, 0.717) is 34.7 Å². The molecule has 0 aliphatic carbocycles. The van der Waals surface area contributed by atoms with Crippen molar-refractivity contribution in [2.75, 3.05) is 6.61 Å². The Morgan fingerprint density at radius 1 is 1.47 bits per heavy atom. The zero-order chi connectivity index (χ0) is 12.0. The fourth-order valence-electron chi connectivity index (χ4n) is 2.11. The molecule has 0 atom stereocenters. The molecule has 1 aliphatic heterocycles. The van der Waals surface area contributed by atoms with Gasteiger partial charge in [-0.2, -0.15) is 0 Å². The van der Waals surface area contributed by atoms with Crippen LogP contribution in [-0.2, 0) is 17.9 Å². The molecule has 2 heterocycles. The van der Waals surface area contributed by atoms with Crippen molar-refractivity contribution in [2.24, 2.45) is 0 Å². The number of benzene rings is 1. The lowest BCUT2D eigenvalue weighted by Gasteiger charge is -2.11. The first-order chi connectivity index (χ1) is 8.18. The smallest absolute Gasteiger partial charge is 0.287 e. The van der Waals surface area contributed by atoms with Gasteiger partial charge in [-0.1, -0.05) is 0 Å². The second-order valence-electron chi connectivity index (χ2n) is 3.84. The van der Waals surface area contributed by atoms with Crippen LogP contribution in [-0.4, -0.2) is 16.1 Å². The quantitative estimate of drug-likeness (QED) is 0.315. The number of nitrogens with zero attached hydrogens (tertiary/aromatic N) is 3. The zero-order valence-electron chi connectivity index (χ0n) is 8.83. The number of fused-ring (bicyclic) bond motifs is 3. The molecule has 2 aromatic rings. The van der Waals surface area contributed by atoms with Crippen LogP contribution in [0.4, 0.5) is 5.69 Å². The molecular weight excluding hydrogens is 226 g/mol. The highest BCUT2D eigenvalue weighted by molar-refractivity contribution is 5.75. The normalized spacial score (nSPS) is 14.8. The Morgan fingerprint density at radius 2 is 2.29 bits per heavy atom. The average Bonchev–Trinajstić information content (AvgIpc) is 2.64. The topological polar surface area (TPSA) is 84.2 Å². The fraction of sp³-hybridized carbons (Fsp3) is 0.300. The minimum Gasteiger partial charge on any atom is -0.710 e. The molecule has 0 amide bonds. The van der Waals surface area contributed by atoms with Crippen LogP contribution in [0.1, 0.15) is 5.82 Å². The van der Waals surface area contributed by atoms with Crippen molar-refractivity contribution in [3.05, 3.63) is 39.3 Å². The number of rotatable bonds is 1. The summed E-state index contributed by atoms with van der Waals surface area (Å²) in [5.41, 5.74) is 0.953. The molecule has 0 unspecified atom stereocenters. The third kappa shape index (κ3) is 1.36. The van der Waals surface area contributed by atoms with Crippen LogP contribution in [0.2, 0.25) is 0 Å². The van der Waals surface area contributed by atoms with Crippen molar-refractivity contribution in [3.63, 3.8) is 0 Å². The van der Waals surface area contributed by atoms with Gasteiger partial charge in [-0.25, -0.2) is 9.30 Å². The first-order valence-corrected chi connectivity index (χ1v) is 5.15. The van der Waals surface area contributed by atoms with Gasteiger partial charge in [-0.05, 0) is 6.07 Å². The number of imidazole rings is 1. The first kappa shape index (κ1) is 10.0. The minimum atomic E-state index is -0.507. The lowest BCUT2D eigenvalue weighted by Crippen LogP contribution is -2.34. The third-order valence-electron chi connectivity index (χ3n) is 2.92. The summed E-state index contributed by atoms with van der Waals surface area (Å²) >= 11 is 0. The minimum absolute atomic E-state index is 0.0778. The highest BCUT2D eigenvalue weighted by Crippen LogP contribution is 2.22. The molecule has 3 rings (SSSR count). The highest BCUT2D eigenvalue weighted by Gasteiger charge is 2.26. The van der Waals surface area contributed by atoms with Gasteiger partial charge in [0.2, 0.25) is 0 Å². The Labute approximate surface area is 95.6 Å². The van der Waals surface area contributed by atoms with E-state index in [2.05, 4.69) is 0 Å². The molecule has 17 heavy (non-hydrogen) atoms. The van der Waals surface area contributed by atoms with Crippen LogP contribution in [0.3, 0.4) is 0 Å². The molecule has 1 aliphatic rings. The second-order valence-corrected chi connectivity index (χ2v) is 3.84. The van der Waals surface area contributed by atoms with Crippen LogP contribution in [0.15, 0.2) is 18.2 Å². The van der Waals surface area contributed by atoms with Crippen LogP contribution < -0.4 is 4.73 Å². The molecule has 0 spiro atoms. The summed E-state index contributed by atoms with van der Waals surface area (Å²) in [7, 11) is 0. The molecule has 88 valence electrons. The maximum Gasteiger partial charge on any atom is 0.287 e.